The topological polar surface area (TPSA) is 54.4 Å². The van der Waals surface area contributed by atoms with E-state index >= 15 is 0 Å². The molecule has 0 aromatic carbocycles. The number of hydrogen-bond acceptors (Lipinski definition) is 3. The van der Waals surface area contributed by atoms with Crippen LogP contribution in [-0.4, -0.2) is 23.5 Å². The molecule has 2 rings (SSSR count). The highest BCUT2D eigenvalue weighted by Gasteiger charge is 2.38. The molecule has 0 saturated heterocycles. The van der Waals surface area contributed by atoms with Crippen molar-refractivity contribution >= 4 is 23.6 Å². The lowest BCUT2D eigenvalue weighted by Gasteiger charge is -2.10. The predicted molar refractivity (Wildman–Crippen MR) is 60.0 cm³/mol. The van der Waals surface area contributed by atoms with Crippen molar-refractivity contribution in [2.45, 2.75) is 31.9 Å². The summed E-state index contributed by atoms with van der Waals surface area (Å²) < 4.78 is 31.7. The molecule has 0 atom stereocenters. The molecule has 0 unspecified atom stereocenters. The smallest absolute Gasteiger partial charge is 0.475 e. The predicted octanol–water partition coefficient (Wildman–Crippen LogP) is 3.07. The van der Waals surface area contributed by atoms with E-state index in [4.69, 9.17) is 9.90 Å². The number of carbonyl (C=O) groups excluding carboxylic acids is 1. The van der Waals surface area contributed by atoms with Gasteiger partial charge in [-0.1, -0.05) is 0 Å². The van der Waals surface area contributed by atoms with Crippen LogP contribution < -0.4 is 0 Å². The van der Waals surface area contributed by atoms with E-state index in [0.29, 0.717) is 0 Å². The van der Waals surface area contributed by atoms with E-state index < -0.39 is 12.1 Å². The molecule has 7 heteroatoms. The standard InChI is InChI=1S/C9H10OS.C2HF3O2/c10-5-9-8-4-2-1-3-7(8)6-11-9;3-2(4,5)1(6)7/h5-6H,1-4H2;(H,6,7). The number of alkyl halides is 3. The summed E-state index contributed by atoms with van der Waals surface area (Å²) in [5, 5.41) is 9.26. The lowest BCUT2D eigenvalue weighted by molar-refractivity contribution is -0.192. The Labute approximate surface area is 105 Å². The number of halogens is 3. The monoisotopic (exact) mass is 280 g/mol. The zero-order valence-electron chi connectivity index (χ0n) is 9.29. The second-order valence-corrected chi connectivity index (χ2v) is 4.64. The first-order chi connectivity index (χ1) is 8.36. The Balaban J connectivity index is 0.000000203. The van der Waals surface area contributed by atoms with Gasteiger partial charge in [-0.3, -0.25) is 4.79 Å². The maximum absolute atomic E-state index is 10.6. The zero-order valence-corrected chi connectivity index (χ0v) is 10.1. The molecule has 0 amide bonds. The molecule has 18 heavy (non-hydrogen) atoms. The Morgan fingerprint density at radius 1 is 1.33 bits per heavy atom. The number of carboxylic acids is 1. The molecule has 1 aromatic rings. The summed E-state index contributed by atoms with van der Waals surface area (Å²) in [6.07, 6.45) is 0.758. The van der Waals surface area contributed by atoms with E-state index in [1.807, 2.05) is 0 Å². The van der Waals surface area contributed by atoms with Crippen LogP contribution in [0, 0.1) is 0 Å². The summed E-state index contributed by atoms with van der Waals surface area (Å²) in [5.74, 6) is -2.76. The fraction of sp³-hybridized carbons (Fsp3) is 0.455. The summed E-state index contributed by atoms with van der Waals surface area (Å²) >= 11 is 1.60. The number of aldehydes is 1. The SMILES string of the molecule is O=C(O)C(F)(F)F.O=Cc1scc2c1CCCC2. The maximum atomic E-state index is 10.6. The molecule has 1 aliphatic rings. The number of aliphatic carboxylic acids is 1. The van der Waals surface area contributed by atoms with Crippen molar-refractivity contribution in [3.8, 4) is 0 Å². The molecular formula is C11H11F3O3S. The number of carboxylic acid groups (broad SMARTS) is 1. The van der Waals surface area contributed by atoms with Gasteiger partial charge < -0.3 is 5.11 Å². The van der Waals surface area contributed by atoms with Crippen molar-refractivity contribution in [2.75, 3.05) is 0 Å². The highest BCUT2D eigenvalue weighted by atomic mass is 32.1. The van der Waals surface area contributed by atoms with Crippen LogP contribution in [0.15, 0.2) is 5.38 Å². The normalized spacial score (nSPS) is 14.2. The maximum Gasteiger partial charge on any atom is 0.490 e. The number of aryl methyl sites for hydroxylation is 1. The number of carbonyl (C=O) groups is 2. The van der Waals surface area contributed by atoms with Crippen LogP contribution in [0.5, 0.6) is 0 Å². The molecular weight excluding hydrogens is 269 g/mol. The second kappa shape index (κ2) is 5.99. The molecule has 1 N–H and O–H groups in total. The fourth-order valence-corrected chi connectivity index (χ4v) is 2.61. The highest BCUT2D eigenvalue weighted by Crippen LogP contribution is 2.28. The van der Waals surface area contributed by atoms with E-state index in [2.05, 4.69) is 5.38 Å². The van der Waals surface area contributed by atoms with E-state index in [-0.39, 0.29) is 0 Å². The van der Waals surface area contributed by atoms with Gasteiger partial charge in [0, 0.05) is 0 Å². The molecule has 0 spiro atoms. The first-order valence-corrected chi connectivity index (χ1v) is 6.08. The van der Waals surface area contributed by atoms with Gasteiger partial charge in [-0.15, -0.1) is 11.3 Å². The Kier molecular flexibility index (Phi) is 4.89. The first kappa shape index (κ1) is 14.7. The summed E-state index contributed by atoms with van der Waals surface area (Å²) in [5.41, 5.74) is 2.75. The molecule has 1 aromatic heterocycles. The van der Waals surface area contributed by atoms with Crippen LogP contribution >= 0.6 is 11.3 Å². The van der Waals surface area contributed by atoms with E-state index in [1.54, 1.807) is 11.3 Å². The van der Waals surface area contributed by atoms with E-state index in [0.717, 1.165) is 17.6 Å². The van der Waals surface area contributed by atoms with Gasteiger partial charge >= 0.3 is 12.1 Å². The van der Waals surface area contributed by atoms with Crippen molar-refractivity contribution in [1.29, 1.82) is 0 Å². The lowest BCUT2D eigenvalue weighted by Crippen LogP contribution is -2.21. The Morgan fingerprint density at radius 3 is 2.39 bits per heavy atom. The number of hydrogen-bond donors (Lipinski definition) is 1. The Hall–Kier alpha value is -1.37. The summed E-state index contributed by atoms with van der Waals surface area (Å²) in [6, 6.07) is 0. The third-order valence-corrected chi connectivity index (χ3v) is 3.48. The minimum Gasteiger partial charge on any atom is -0.475 e. The lowest BCUT2D eigenvalue weighted by atomic mass is 9.94. The fourth-order valence-electron chi connectivity index (χ4n) is 1.64. The average molecular weight is 280 g/mol. The van der Waals surface area contributed by atoms with Crippen molar-refractivity contribution in [3.63, 3.8) is 0 Å². The minimum atomic E-state index is -5.08. The van der Waals surface area contributed by atoms with Crippen LogP contribution in [0.3, 0.4) is 0 Å². The van der Waals surface area contributed by atoms with Gasteiger partial charge in [0.15, 0.2) is 6.29 Å². The molecule has 100 valence electrons. The highest BCUT2D eigenvalue weighted by molar-refractivity contribution is 7.12. The summed E-state index contributed by atoms with van der Waals surface area (Å²) in [4.78, 5) is 20.4. The quantitative estimate of drug-likeness (QED) is 0.804. The van der Waals surface area contributed by atoms with E-state index in [9.17, 15) is 18.0 Å². The van der Waals surface area contributed by atoms with Crippen molar-refractivity contribution in [3.05, 3.63) is 21.4 Å². The molecule has 0 fully saturated rings. The number of fused-ring (bicyclic) bond motifs is 1. The van der Waals surface area contributed by atoms with Crippen LogP contribution in [0.25, 0.3) is 0 Å². The van der Waals surface area contributed by atoms with Gasteiger partial charge in [0.25, 0.3) is 0 Å². The Bertz CT molecular complexity index is 437. The molecule has 0 aliphatic heterocycles. The molecule has 1 aliphatic carbocycles. The molecule has 0 bridgehead atoms. The van der Waals surface area contributed by atoms with Crippen molar-refractivity contribution < 1.29 is 27.9 Å². The molecule has 3 nitrogen and oxygen atoms in total. The zero-order chi connectivity index (χ0) is 13.8. The van der Waals surface area contributed by atoms with Gasteiger partial charge in [0.1, 0.15) is 0 Å². The number of rotatable bonds is 1. The van der Waals surface area contributed by atoms with Gasteiger partial charge in [-0.25, -0.2) is 4.79 Å². The van der Waals surface area contributed by atoms with Gasteiger partial charge in [0.2, 0.25) is 0 Å². The average Bonchev–Trinajstić information content (AvgIpc) is 2.71. The number of thiophene rings is 1. The summed E-state index contributed by atoms with van der Waals surface area (Å²) in [6.45, 7) is 0. The summed E-state index contributed by atoms with van der Waals surface area (Å²) in [7, 11) is 0. The van der Waals surface area contributed by atoms with E-state index in [1.165, 1.54) is 30.4 Å². The molecule has 0 saturated carbocycles. The molecule has 0 radical (unpaired) electrons. The Morgan fingerprint density at radius 2 is 1.89 bits per heavy atom. The largest absolute Gasteiger partial charge is 0.490 e. The second-order valence-electron chi connectivity index (χ2n) is 3.73. The van der Waals surface area contributed by atoms with Crippen LogP contribution in [0.2, 0.25) is 0 Å². The third-order valence-electron chi connectivity index (χ3n) is 2.49. The minimum absolute atomic E-state index is 0.958. The van der Waals surface area contributed by atoms with Crippen molar-refractivity contribution in [2.24, 2.45) is 0 Å². The van der Waals surface area contributed by atoms with Crippen molar-refractivity contribution in [1.82, 2.24) is 0 Å². The molecule has 1 heterocycles. The van der Waals surface area contributed by atoms with Gasteiger partial charge in [0.05, 0.1) is 4.88 Å². The third kappa shape index (κ3) is 3.83. The van der Waals surface area contributed by atoms with Gasteiger partial charge in [-0.2, -0.15) is 13.2 Å². The van der Waals surface area contributed by atoms with Crippen LogP contribution in [-0.2, 0) is 17.6 Å². The van der Waals surface area contributed by atoms with Crippen LogP contribution in [0.1, 0.15) is 33.6 Å². The van der Waals surface area contributed by atoms with Crippen LogP contribution in [0.4, 0.5) is 13.2 Å². The first-order valence-electron chi connectivity index (χ1n) is 5.20. The van der Waals surface area contributed by atoms with Gasteiger partial charge in [-0.05, 0) is 42.2 Å².